The lowest BCUT2D eigenvalue weighted by Gasteiger charge is -2.39. The van der Waals surface area contributed by atoms with Crippen LogP contribution in [0.4, 0.5) is 19.7 Å². The smallest absolute Gasteiger partial charge is 0.435 e. The first-order chi connectivity index (χ1) is 20.1. The fourth-order valence-electron chi connectivity index (χ4n) is 5.81. The van der Waals surface area contributed by atoms with Crippen LogP contribution < -0.4 is 16.0 Å². The number of urea groups is 1. The van der Waals surface area contributed by atoms with Crippen molar-refractivity contribution in [1.29, 1.82) is 0 Å². The summed E-state index contributed by atoms with van der Waals surface area (Å²) in [5, 5.41) is 14.0. The molecule has 3 aromatic rings. The van der Waals surface area contributed by atoms with E-state index < -0.39 is 17.7 Å². The predicted molar refractivity (Wildman–Crippen MR) is 158 cm³/mol. The number of nitrogens with one attached hydrogen (secondary N) is 3. The van der Waals surface area contributed by atoms with E-state index in [9.17, 15) is 18.8 Å². The summed E-state index contributed by atoms with van der Waals surface area (Å²) in [5.41, 5.74) is 1.53. The largest absolute Gasteiger partial charge is 0.442 e. The third-order valence-corrected chi connectivity index (χ3v) is 7.78. The number of hydrogen-bond donors (Lipinski definition) is 3. The molecule has 3 N–H and O–H groups in total. The molecule has 10 nitrogen and oxygen atoms in total. The van der Waals surface area contributed by atoms with E-state index in [1.807, 2.05) is 17.0 Å². The molecule has 42 heavy (non-hydrogen) atoms. The van der Waals surface area contributed by atoms with Gasteiger partial charge >= 0.3 is 12.1 Å². The van der Waals surface area contributed by atoms with E-state index in [0.717, 1.165) is 24.8 Å². The summed E-state index contributed by atoms with van der Waals surface area (Å²) in [6.07, 6.45) is 4.36. The molecule has 3 heterocycles. The van der Waals surface area contributed by atoms with E-state index in [1.54, 1.807) is 45.2 Å². The highest BCUT2D eigenvalue weighted by Crippen LogP contribution is 2.25. The quantitative estimate of drug-likeness (QED) is 0.409. The summed E-state index contributed by atoms with van der Waals surface area (Å²) < 4.78 is 19.9. The molecule has 2 aromatic carbocycles. The Bertz CT molecular complexity index is 1430. The standard InChI is InChI=1S/C31H39FN6O4/c1-31(2,3)42-30(41)38-27-11-10-24(16-22(27)17-34-38)35-29(40)36-26-12-13-33-18-25(26)28(39)37-14-4-5-21(19-37)15-20-6-8-23(32)9-7-20/h6-11,16-17,21,25-26,33H,4-5,12-15,18-19H2,1-3H3,(H2,35,36,40)/t21-,25+,26+/m0/s1. The second-order valence-electron chi connectivity index (χ2n) is 12.2. The van der Waals surface area contributed by atoms with Crippen LogP contribution in [-0.4, -0.2) is 70.5 Å². The van der Waals surface area contributed by atoms with Gasteiger partial charge in [-0.25, -0.2) is 14.0 Å². The summed E-state index contributed by atoms with van der Waals surface area (Å²) >= 11 is 0. The van der Waals surface area contributed by atoms with E-state index in [4.69, 9.17) is 4.74 Å². The number of carbonyl (C=O) groups excluding carboxylic acids is 3. The Morgan fingerprint density at radius 2 is 1.90 bits per heavy atom. The van der Waals surface area contributed by atoms with Crippen LogP contribution in [0, 0.1) is 17.7 Å². The summed E-state index contributed by atoms with van der Waals surface area (Å²) in [4.78, 5) is 41.1. The van der Waals surface area contributed by atoms with E-state index in [2.05, 4.69) is 21.0 Å². The Balaban J connectivity index is 1.19. The predicted octanol–water partition coefficient (Wildman–Crippen LogP) is 4.54. The molecule has 0 spiro atoms. The van der Waals surface area contributed by atoms with Crippen molar-refractivity contribution in [1.82, 2.24) is 25.3 Å². The molecular weight excluding hydrogens is 539 g/mol. The highest BCUT2D eigenvalue weighted by Gasteiger charge is 2.36. The number of anilines is 1. The minimum atomic E-state index is -0.650. The van der Waals surface area contributed by atoms with E-state index in [-0.39, 0.29) is 23.7 Å². The molecule has 1 aromatic heterocycles. The van der Waals surface area contributed by atoms with Crippen LogP contribution in [0.1, 0.15) is 45.6 Å². The molecule has 2 saturated heterocycles. The van der Waals surface area contributed by atoms with Gasteiger partial charge < -0.3 is 25.6 Å². The number of halogens is 1. The monoisotopic (exact) mass is 578 g/mol. The van der Waals surface area contributed by atoms with Gasteiger partial charge in [-0.3, -0.25) is 4.79 Å². The Morgan fingerprint density at radius 3 is 2.67 bits per heavy atom. The zero-order valence-electron chi connectivity index (χ0n) is 24.4. The number of rotatable bonds is 5. The van der Waals surface area contributed by atoms with Gasteiger partial charge in [-0.05, 0) is 94.8 Å². The number of benzene rings is 2. The van der Waals surface area contributed by atoms with Gasteiger partial charge in [0, 0.05) is 36.7 Å². The first-order valence-electron chi connectivity index (χ1n) is 14.6. The zero-order valence-corrected chi connectivity index (χ0v) is 24.4. The Labute approximate surface area is 245 Å². The lowest BCUT2D eigenvalue weighted by Crippen LogP contribution is -2.57. The second kappa shape index (κ2) is 12.5. The average molecular weight is 579 g/mol. The minimum absolute atomic E-state index is 0.0484. The third-order valence-electron chi connectivity index (χ3n) is 7.78. The Kier molecular flexibility index (Phi) is 8.77. The number of amides is 3. The van der Waals surface area contributed by atoms with Crippen molar-refractivity contribution in [2.24, 2.45) is 11.8 Å². The van der Waals surface area contributed by atoms with Gasteiger partial charge in [0.15, 0.2) is 0 Å². The minimum Gasteiger partial charge on any atom is -0.442 e. The number of carbonyl (C=O) groups is 3. The number of piperidine rings is 2. The molecule has 2 fully saturated rings. The topological polar surface area (TPSA) is 118 Å². The lowest BCUT2D eigenvalue weighted by molar-refractivity contribution is -0.138. The van der Waals surface area contributed by atoms with Crippen molar-refractivity contribution in [2.75, 3.05) is 31.5 Å². The number of fused-ring (bicyclic) bond motifs is 1. The molecule has 3 atom stereocenters. The summed E-state index contributed by atoms with van der Waals surface area (Å²) in [6.45, 7) is 7.93. The van der Waals surface area contributed by atoms with Crippen molar-refractivity contribution >= 4 is 34.6 Å². The van der Waals surface area contributed by atoms with Gasteiger partial charge in [0.2, 0.25) is 5.91 Å². The normalized spacial score (nSPS) is 21.1. The van der Waals surface area contributed by atoms with Crippen LogP contribution in [0.5, 0.6) is 0 Å². The van der Waals surface area contributed by atoms with Gasteiger partial charge in [0.1, 0.15) is 11.4 Å². The number of ether oxygens (including phenoxy) is 1. The molecule has 11 heteroatoms. The molecule has 0 bridgehead atoms. The summed E-state index contributed by atoms with van der Waals surface area (Å²) in [5.74, 6) is -0.258. The number of hydrogen-bond acceptors (Lipinski definition) is 6. The molecular formula is C31H39FN6O4. The van der Waals surface area contributed by atoms with Crippen molar-refractivity contribution in [3.63, 3.8) is 0 Å². The zero-order chi connectivity index (χ0) is 29.9. The summed E-state index contributed by atoms with van der Waals surface area (Å²) in [7, 11) is 0. The number of aromatic nitrogens is 2. The molecule has 2 aliphatic rings. The van der Waals surface area contributed by atoms with Gasteiger partial charge in [-0.15, -0.1) is 0 Å². The van der Waals surface area contributed by atoms with Crippen molar-refractivity contribution in [3.8, 4) is 0 Å². The van der Waals surface area contributed by atoms with Crippen molar-refractivity contribution in [2.45, 2.75) is 58.1 Å². The van der Waals surface area contributed by atoms with Gasteiger partial charge in [-0.1, -0.05) is 12.1 Å². The van der Waals surface area contributed by atoms with Crippen LogP contribution >= 0.6 is 0 Å². The van der Waals surface area contributed by atoms with Gasteiger partial charge in [0.25, 0.3) is 0 Å². The molecule has 224 valence electrons. The van der Waals surface area contributed by atoms with E-state index in [1.165, 1.54) is 16.8 Å². The maximum Gasteiger partial charge on any atom is 0.435 e. The molecule has 0 radical (unpaired) electrons. The molecule has 3 amide bonds. The molecule has 0 unspecified atom stereocenters. The van der Waals surface area contributed by atoms with Crippen LogP contribution in [0.15, 0.2) is 48.7 Å². The van der Waals surface area contributed by atoms with Crippen LogP contribution in [-0.2, 0) is 16.0 Å². The van der Waals surface area contributed by atoms with Crippen LogP contribution in [0.3, 0.4) is 0 Å². The highest BCUT2D eigenvalue weighted by molar-refractivity contribution is 5.95. The number of likely N-dealkylation sites (tertiary alicyclic amines) is 1. The van der Waals surface area contributed by atoms with Crippen molar-refractivity contribution < 1.29 is 23.5 Å². The Hall–Kier alpha value is -3.99. The second-order valence-corrected chi connectivity index (χ2v) is 12.2. The maximum atomic E-state index is 13.7. The fourth-order valence-corrected chi connectivity index (χ4v) is 5.81. The van der Waals surface area contributed by atoms with Crippen LogP contribution in [0.2, 0.25) is 0 Å². The molecule has 0 aliphatic carbocycles. The third kappa shape index (κ3) is 7.25. The molecule has 5 rings (SSSR count). The lowest BCUT2D eigenvalue weighted by atomic mass is 9.88. The maximum absolute atomic E-state index is 13.7. The fraction of sp³-hybridized carbons (Fsp3) is 0.484. The van der Waals surface area contributed by atoms with Gasteiger partial charge in [-0.2, -0.15) is 9.78 Å². The SMILES string of the molecule is CC(C)(C)OC(=O)n1ncc2cc(NC(=O)N[C@@H]3CCNC[C@H]3C(=O)N3CCC[C@@H](Cc4ccc(F)cc4)C3)ccc21. The first-order valence-corrected chi connectivity index (χ1v) is 14.6. The first kappa shape index (κ1) is 29.5. The number of nitrogens with zero attached hydrogens (tertiary/aromatic N) is 3. The van der Waals surface area contributed by atoms with E-state index >= 15 is 0 Å². The summed E-state index contributed by atoms with van der Waals surface area (Å²) in [6, 6.07) is 11.0. The van der Waals surface area contributed by atoms with E-state index in [0.29, 0.717) is 55.1 Å². The van der Waals surface area contributed by atoms with Crippen LogP contribution in [0.25, 0.3) is 10.9 Å². The van der Waals surface area contributed by atoms with Crippen molar-refractivity contribution in [3.05, 3.63) is 60.0 Å². The Morgan fingerprint density at radius 1 is 1.12 bits per heavy atom. The molecule has 2 aliphatic heterocycles. The average Bonchev–Trinajstić information content (AvgIpc) is 3.37. The highest BCUT2D eigenvalue weighted by atomic mass is 19.1. The van der Waals surface area contributed by atoms with Gasteiger partial charge in [0.05, 0.1) is 17.6 Å². The molecule has 0 saturated carbocycles.